The van der Waals surface area contributed by atoms with Gasteiger partial charge in [-0.15, -0.1) is 0 Å². The first-order chi connectivity index (χ1) is 14.1. The van der Waals surface area contributed by atoms with Crippen molar-refractivity contribution in [3.63, 3.8) is 0 Å². The van der Waals surface area contributed by atoms with E-state index in [9.17, 15) is 4.79 Å². The Morgan fingerprint density at radius 3 is 1.93 bits per heavy atom. The number of carbonyl (C=O) groups excluding carboxylic acids is 1. The lowest BCUT2D eigenvalue weighted by Crippen LogP contribution is -2.64. The number of methoxy groups -OCH3 is 1. The fourth-order valence-electron chi connectivity index (χ4n) is 3.53. The van der Waals surface area contributed by atoms with Gasteiger partial charge in [-0.2, -0.15) is 0 Å². The Morgan fingerprint density at radius 2 is 1.45 bits per heavy atom. The lowest BCUT2D eigenvalue weighted by molar-refractivity contribution is -0.285. The molecule has 0 saturated carbocycles. The molecule has 1 heterocycles. The van der Waals surface area contributed by atoms with Crippen LogP contribution in [0.1, 0.15) is 25.0 Å². The van der Waals surface area contributed by atoms with Gasteiger partial charge in [0.15, 0.2) is 6.29 Å². The molecule has 156 valence electrons. The van der Waals surface area contributed by atoms with E-state index >= 15 is 0 Å². The summed E-state index contributed by atoms with van der Waals surface area (Å²) >= 11 is 0. The van der Waals surface area contributed by atoms with E-state index in [1.807, 2.05) is 67.6 Å². The maximum absolute atomic E-state index is 11.8. The number of carbonyl (C=O) groups is 1. The van der Waals surface area contributed by atoms with Crippen molar-refractivity contribution in [3.05, 3.63) is 71.8 Å². The molecule has 3 rings (SSSR count). The number of hydrogen-bond donors (Lipinski definition) is 1. The van der Waals surface area contributed by atoms with E-state index in [1.54, 1.807) is 7.11 Å². The maximum Gasteiger partial charge on any atom is 0.217 e. The lowest BCUT2D eigenvalue weighted by Gasteiger charge is -2.45. The predicted octanol–water partition coefficient (Wildman–Crippen LogP) is 3.05. The van der Waals surface area contributed by atoms with Crippen LogP contribution in [0.4, 0.5) is 0 Å². The summed E-state index contributed by atoms with van der Waals surface area (Å²) in [5.41, 5.74) is 2.09. The van der Waals surface area contributed by atoms with Crippen molar-refractivity contribution in [3.8, 4) is 0 Å². The number of amides is 1. The largest absolute Gasteiger partial charge is 0.368 e. The molecule has 0 aliphatic carbocycles. The van der Waals surface area contributed by atoms with E-state index in [1.165, 1.54) is 6.92 Å². The van der Waals surface area contributed by atoms with E-state index in [2.05, 4.69) is 5.32 Å². The minimum absolute atomic E-state index is 0.142. The third-order valence-electron chi connectivity index (χ3n) is 4.97. The van der Waals surface area contributed by atoms with Crippen LogP contribution in [0.15, 0.2) is 60.7 Å². The van der Waals surface area contributed by atoms with Gasteiger partial charge in [-0.05, 0) is 18.1 Å². The summed E-state index contributed by atoms with van der Waals surface area (Å²) in [5.74, 6) is -0.142. The molecule has 1 aliphatic rings. The third-order valence-corrected chi connectivity index (χ3v) is 4.97. The summed E-state index contributed by atoms with van der Waals surface area (Å²) in [6, 6.07) is 19.5. The first-order valence-electron chi connectivity index (χ1n) is 9.85. The highest BCUT2D eigenvalue weighted by Gasteiger charge is 2.46. The fourth-order valence-corrected chi connectivity index (χ4v) is 3.53. The molecule has 1 N–H and O–H groups in total. The van der Waals surface area contributed by atoms with Gasteiger partial charge in [0.25, 0.3) is 0 Å². The predicted molar refractivity (Wildman–Crippen MR) is 109 cm³/mol. The van der Waals surface area contributed by atoms with Crippen molar-refractivity contribution >= 4 is 5.91 Å². The highest BCUT2D eigenvalue weighted by Crippen LogP contribution is 2.28. The van der Waals surface area contributed by atoms with Crippen molar-refractivity contribution in [1.82, 2.24) is 5.32 Å². The summed E-state index contributed by atoms with van der Waals surface area (Å²) in [5, 5.41) is 2.97. The zero-order valence-corrected chi connectivity index (χ0v) is 17.1. The van der Waals surface area contributed by atoms with Crippen LogP contribution < -0.4 is 5.32 Å². The summed E-state index contributed by atoms with van der Waals surface area (Å²) < 4.78 is 24.0. The molecule has 1 aliphatic heterocycles. The second-order valence-electron chi connectivity index (χ2n) is 7.19. The Balaban J connectivity index is 1.80. The topological polar surface area (TPSA) is 66.0 Å². The van der Waals surface area contributed by atoms with Gasteiger partial charge < -0.3 is 24.3 Å². The van der Waals surface area contributed by atoms with Gasteiger partial charge in [-0.3, -0.25) is 4.79 Å². The van der Waals surface area contributed by atoms with Crippen LogP contribution in [0, 0.1) is 0 Å². The Morgan fingerprint density at radius 1 is 0.931 bits per heavy atom. The maximum atomic E-state index is 11.8. The molecule has 0 aromatic heterocycles. The molecular weight excluding hydrogens is 370 g/mol. The van der Waals surface area contributed by atoms with Crippen molar-refractivity contribution in [1.29, 1.82) is 0 Å². The van der Waals surface area contributed by atoms with Crippen LogP contribution >= 0.6 is 0 Å². The second-order valence-corrected chi connectivity index (χ2v) is 7.19. The normalized spacial score (nSPS) is 26.8. The average Bonchev–Trinajstić information content (AvgIpc) is 2.74. The van der Waals surface area contributed by atoms with Gasteiger partial charge in [0.1, 0.15) is 12.2 Å². The van der Waals surface area contributed by atoms with Crippen LogP contribution in [0.2, 0.25) is 0 Å². The molecule has 6 nitrogen and oxygen atoms in total. The molecule has 0 radical (unpaired) electrons. The zero-order chi connectivity index (χ0) is 20.6. The first-order valence-corrected chi connectivity index (χ1v) is 9.85. The average molecular weight is 399 g/mol. The lowest BCUT2D eigenvalue weighted by atomic mass is 9.96. The third kappa shape index (κ3) is 5.87. The van der Waals surface area contributed by atoms with Crippen LogP contribution in [-0.2, 0) is 37.0 Å². The summed E-state index contributed by atoms with van der Waals surface area (Å²) in [4.78, 5) is 11.8. The van der Waals surface area contributed by atoms with Crippen molar-refractivity contribution < 1.29 is 23.7 Å². The van der Waals surface area contributed by atoms with Gasteiger partial charge >= 0.3 is 0 Å². The smallest absolute Gasteiger partial charge is 0.217 e. The standard InChI is InChI=1S/C23H29NO5/c1-16-20(24-17(2)25)21(27-14-18-10-6-4-7-11-18)22(23(26-3)29-16)28-15-19-12-8-5-9-13-19/h4-13,16,20-23H,14-15H2,1-3H3,(H,24,25)/t16-,20-,21+,22-,23+/m1/s1. The summed E-state index contributed by atoms with van der Waals surface area (Å²) in [6.45, 7) is 4.18. The van der Waals surface area contributed by atoms with E-state index in [-0.39, 0.29) is 18.1 Å². The Labute approximate surface area is 172 Å². The van der Waals surface area contributed by atoms with Crippen molar-refractivity contribution in [2.75, 3.05) is 7.11 Å². The molecular formula is C23H29NO5. The highest BCUT2D eigenvalue weighted by molar-refractivity contribution is 5.73. The SMILES string of the molecule is CO[C@H]1O[C@H](C)[C@@H](NC(C)=O)[C@H](OCc2ccccc2)[C@H]1OCc1ccccc1. The number of rotatable bonds is 8. The van der Waals surface area contributed by atoms with Gasteiger partial charge in [-0.1, -0.05) is 60.7 Å². The molecule has 1 fully saturated rings. The minimum atomic E-state index is -0.598. The minimum Gasteiger partial charge on any atom is -0.368 e. The van der Waals surface area contributed by atoms with Crippen LogP contribution in [0.3, 0.4) is 0 Å². The Kier molecular flexibility index (Phi) is 7.77. The van der Waals surface area contributed by atoms with Crippen LogP contribution in [0.5, 0.6) is 0 Å². The molecule has 5 atom stereocenters. The molecule has 2 aromatic rings. The van der Waals surface area contributed by atoms with Gasteiger partial charge in [0, 0.05) is 14.0 Å². The second kappa shape index (κ2) is 10.5. The molecule has 0 spiro atoms. The van der Waals surface area contributed by atoms with Gasteiger partial charge in [0.2, 0.25) is 5.91 Å². The van der Waals surface area contributed by atoms with Crippen LogP contribution in [0.25, 0.3) is 0 Å². The van der Waals surface area contributed by atoms with E-state index in [4.69, 9.17) is 18.9 Å². The molecule has 0 bridgehead atoms. The number of ether oxygens (including phenoxy) is 4. The molecule has 0 unspecified atom stereocenters. The van der Waals surface area contributed by atoms with Crippen molar-refractivity contribution in [2.45, 2.75) is 57.7 Å². The number of benzene rings is 2. The van der Waals surface area contributed by atoms with E-state index < -0.39 is 18.5 Å². The molecule has 1 amide bonds. The van der Waals surface area contributed by atoms with Gasteiger partial charge in [0.05, 0.1) is 25.4 Å². The highest BCUT2D eigenvalue weighted by atomic mass is 16.7. The Bertz CT molecular complexity index is 754. The van der Waals surface area contributed by atoms with E-state index in [0.29, 0.717) is 13.2 Å². The quantitative estimate of drug-likeness (QED) is 0.739. The van der Waals surface area contributed by atoms with E-state index in [0.717, 1.165) is 11.1 Å². The Hall–Kier alpha value is -2.25. The van der Waals surface area contributed by atoms with Gasteiger partial charge in [-0.25, -0.2) is 0 Å². The van der Waals surface area contributed by atoms with Crippen molar-refractivity contribution in [2.24, 2.45) is 0 Å². The molecule has 29 heavy (non-hydrogen) atoms. The fraction of sp³-hybridized carbons (Fsp3) is 0.435. The first kappa shape index (κ1) is 21.5. The molecule has 2 aromatic carbocycles. The number of hydrogen-bond acceptors (Lipinski definition) is 5. The number of nitrogens with one attached hydrogen (secondary N) is 1. The monoisotopic (exact) mass is 399 g/mol. The summed E-state index contributed by atoms with van der Waals surface area (Å²) in [6.07, 6.45) is -1.82. The zero-order valence-electron chi connectivity index (χ0n) is 17.1. The molecule has 1 saturated heterocycles. The molecule has 6 heteroatoms. The summed E-state index contributed by atoms with van der Waals surface area (Å²) in [7, 11) is 1.59. The van der Waals surface area contributed by atoms with Crippen LogP contribution in [-0.4, -0.2) is 43.7 Å².